The second-order valence-corrected chi connectivity index (χ2v) is 7.36. The molecule has 3 N–H and O–H groups in total. The molecular weight excluding hydrogens is 480 g/mol. The summed E-state index contributed by atoms with van der Waals surface area (Å²) >= 11 is 6.65. The smallest absolute Gasteiger partial charge is 0.266 e. The van der Waals surface area contributed by atoms with E-state index in [-0.39, 0.29) is 30.4 Å². The van der Waals surface area contributed by atoms with Crippen LogP contribution in [0.15, 0.2) is 61.6 Å². The molecule has 3 rings (SSSR count). The fourth-order valence-electron chi connectivity index (χ4n) is 2.42. The Morgan fingerprint density at radius 3 is 2.70 bits per heavy atom. The van der Waals surface area contributed by atoms with Gasteiger partial charge in [0.25, 0.3) is 11.8 Å². The van der Waals surface area contributed by atoms with E-state index in [1.165, 1.54) is 0 Å². The second kappa shape index (κ2) is 8.45. The maximum atomic E-state index is 12.1. The number of fused-ring (bicyclic) bond motifs is 1. The van der Waals surface area contributed by atoms with Crippen LogP contribution in [0.3, 0.4) is 0 Å². The first-order chi connectivity index (χ1) is 13.0. The molecular formula is C18H14Br2N4O3. The minimum atomic E-state index is -0.508. The number of halogens is 2. The molecule has 27 heavy (non-hydrogen) atoms. The quantitative estimate of drug-likeness (QED) is 0.443. The Hall–Kier alpha value is -2.52. The van der Waals surface area contributed by atoms with Crippen LogP contribution in [0, 0.1) is 0 Å². The Morgan fingerprint density at radius 2 is 1.93 bits per heavy atom. The lowest BCUT2D eigenvalue weighted by Crippen LogP contribution is -2.26. The van der Waals surface area contributed by atoms with Crippen molar-refractivity contribution in [3.8, 4) is 5.88 Å². The van der Waals surface area contributed by atoms with Gasteiger partial charge in [-0.1, -0.05) is 28.1 Å². The van der Waals surface area contributed by atoms with Gasteiger partial charge < -0.3 is 15.4 Å². The molecule has 2 amide bonds. The zero-order valence-corrected chi connectivity index (χ0v) is 17.0. The molecule has 0 unspecified atom stereocenters. The van der Waals surface area contributed by atoms with E-state index in [0.29, 0.717) is 20.9 Å². The van der Waals surface area contributed by atoms with Crippen LogP contribution in [-0.2, 0) is 4.79 Å². The number of carbonyl (C=O) groups is 2. The molecule has 0 fully saturated rings. The SMILES string of the molecule is O=C(CCNC(=O)c1ccccc1Br)N=Nc1c(O)[nH]c2ccc(Br)cc12. The van der Waals surface area contributed by atoms with Crippen LogP contribution < -0.4 is 5.32 Å². The van der Waals surface area contributed by atoms with Crippen LogP contribution in [-0.4, -0.2) is 28.4 Å². The molecule has 0 aliphatic rings. The summed E-state index contributed by atoms with van der Waals surface area (Å²) in [6.07, 6.45) is -0.00744. The van der Waals surface area contributed by atoms with Gasteiger partial charge in [-0.3, -0.25) is 9.59 Å². The number of hydrogen-bond donors (Lipinski definition) is 3. The Morgan fingerprint density at radius 1 is 1.15 bits per heavy atom. The monoisotopic (exact) mass is 492 g/mol. The number of rotatable bonds is 5. The fourth-order valence-corrected chi connectivity index (χ4v) is 3.24. The minimum absolute atomic E-state index is 0.00744. The first-order valence-corrected chi connectivity index (χ1v) is 9.52. The molecule has 3 aromatic rings. The number of aromatic nitrogens is 1. The predicted molar refractivity (Wildman–Crippen MR) is 108 cm³/mol. The number of carbonyl (C=O) groups excluding carboxylic acids is 2. The molecule has 1 heterocycles. The number of hydrogen-bond acceptors (Lipinski definition) is 4. The van der Waals surface area contributed by atoms with Crippen LogP contribution in [0.5, 0.6) is 5.88 Å². The number of aromatic hydroxyl groups is 1. The normalized spacial score (nSPS) is 11.2. The first kappa shape index (κ1) is 19.2. The summed E-state index contributed by atoms with van der Waals surface area (Å²) in [5.74, 6) is -0.959. The Labute approximate surface area is 171 Å². The van der Waals surface area contributed by atoms with E-state index in [4.69, 9.17) is 0 Å². The standard InChI is InChI=1S/C18H14Br2N4O3/c19-10-5-6-14-12(9-10)16(18(27)22-14)24-23-15(25)7-8-21-17(26)11-3-1-2-4-13(11)20/h1-6,9,22,27H,7-8H2,(H,21,26). The average molecular weight is 494 g/mol. The number of amides is 2. The highest BCUT2D eigenvalue weighted by molar-refractivity contribution is 9.10. The van der Waals surface area contributed by atoms with E-state index in [1.54, 1.807) is 30.3 Å². The van der Waals surface area contributed by atoms with Gasteiger partial charge in [-0.2, -0.15) is 0 Å². The van der Waals surface area contributed by atoms with Gasteiger partial charge in [-0.05, 0) is 46.3 Å². The van der Waals surface area contributed by atoms with Gasteiger partial charge in [0, 0.05) is 27.3 Å². The third kappa shape index (κ3) is 4.61. The summed E-state index contributed by atoms with van der Waals surface area (Å²) in [4.78, 5) is 26.7. The van der Waals surface area contributed by atoms with Gasteiger partial charge in [0.15, 0.2) is 5.69 Å². The molecule has 7 nitrogen and oxygen atoms in total. The molecule has 0 aliphatic carbocycles. The Bertz CT molecular complexity index is 1050. The largest absolute Gasteiger partial charge is 0.493 e. The van der Waals surface area contributed by atoms with Gasteiger partial charge in [-0.25, -0.2) is 0 Å². The number of aromatic amines is 1. The van der Waals surface area contributed by atoms with Crippen molar-refractivity contribution in [3.63, 3.8) is 0 Å². The van der Waals surface area contributed by atoms with Crippen LogP contribution in [0.4, 0.5) is 5.69 Å². The van der Waals surface area contributed by atoms with Crippen LogP contribution in [0.25, 0.3) is 10.9 Å². The molecule has 1 aromatic heterocycles. The lowest BCUT2D eigenvalue weighted by atomic mass is 10.2. The summed E-state index contributed by atoms with van der Waals surface area (Å²) in [5, 5.41) is 20.7. The molecule has 9 heteroatoms. The second-order valence-electron chi connectivity index (χ2n) is 5.59. The van der Waals surface area contributed by atoms with Gasteiger partial charge in [-0.15, -0.1) is 10.2 Å². The van der Waals surface area contributed by atoms with Crippen molar-refractivity contribution < 1.29 is 14.7 Å². The zero-order chi connectivity index (χ0) is 19.4. The van der Waals surface area contributed by atoms with Crippen molar-refractivity contribution in [1.82, 2.24) is 10.3 Å². The van der Waals surface area contributed by atoms with Crippen molar-refractivity contribution >= 4 is 60.3 Å². The molecule has 0 saturated carbocycles. The van der Waals surface area contributed by atoms with E-state index < -0.39 is 5.91 Å². The highest BCUT2D eigenvalue weighted by Gasteiger charge is 2.12. The molecule has 0 atom stereocenters. The molecule has 0 saturated heterocycles. The lowest BCUT2D eigenvalue weighted by Gasteiger charge is -2.05. The maximum Gasteiger partial charge on any atom is 0.266 e. The summed E-state index contributed by atoms with van der Waals surface area (Å²) in [5.41, 5.74) is 1.36. The van der Waals surface area contributed by atoms with Gasteiger partial charge in [0.2, 0.25) is 5.88 Å². The predicted octanol–water partition coefficient (Wildman–Crippen LogP) is 4.83. The Kier molecular flexibility index (Phi) is 6.02. The van der Waals surface area contributed by atoms with E-state index in [0.717, 1.165) is 4.47 Å². The molecule has 0 radical (unpaired) electrons. The highest BCUT2D eigenvalue weighted by Crippen LogP contribution is 2.36. The van der Waals surface area contributed by atoms with E-state index in [9.17, 15) is 14.7 Å². The maximum absolute atomic E-state index is 12.1. The van der Waals surface area contributed by atoms with Crippen LogP contribution >= 0.6 is 31.9 Å². The number of nitrogens with one attached hydrogen (secondary N) is 2. The third-order valence-electron chi connectivity index (χ3n) is 3.72. The third-order valence-corrected chi connectivity index (χ3v) is 4.90. The minimum Gasteiger partial charge on any atom is -0.493 e. The van der Waals surface area contributed by atoms with Crippen molar-refractivity contribution in [2.24, 2.45) is 10.2 Å². The molecule has 0 aliphatic heterocycles. The number of nitrogens with zero attached hydrogens (tertiary/aromatic N) is 2. The zero-order valence-electron chi connectivity index (χ0n) is 13.9. The number of H-pyrrole nitrogens is 1. The van der Waals surface area contributed by atoms with Gasteiger partial charge in [0.05, 0.1) is 11.1 Å². The van der Waals surface area contributed by atoms with Crippen molar-refractivity contribution in [2.45, 2.75) is 6.42 Å². The number of azo groups is 1. The van der Waals surface area contributed by atoms with Gasteiger partial charge in [0.1, 0.15) is 0 Å². The molecule has 138 valence electrons. The molecule has 0 spiro atoms. The van der Waals surface area contributed by atoms with E-state index >= 15 is 0 Å². The topological polar surface area (TPSA) is 107 Å². The van der Waals surface area contributed by atoms with E-state index in [1.807, 2.05) is 12.1 Å². The molecule has 2 aromatic carbocycles. The highest BCUT2D eigenvalue weighted by atomic mass is 79.9. The molecule has 0 bridgehead atoms. The first-order valence-electron chi connectivity index (χ1n) is 7.93. The number of benzene rings is 2. The summed E-state index contributed by atoms with van der Waals surface area (Å²) < 4.78 is 1.49. The summed E-state index contributed by atoms with van der Waals surface area (Å²) in [7, 11) is 0. The Balaban J connectivity index is 1.60. The van der Waals surface area contributed by atoms with Crippen molar-refractivity contribution in [1.29, 1.82) is 0 Å². The van der Waals surface area contributed by atoms with Crippen LogP contribution in [0.2, 0.25) is 0 Å². The van der Waals surface area contributed by atoms with Crippen molar-refractivity contribution in [2.75, 3.05) is 6.54 Å². The average Bonchev–Trinajstić information content (AvgIpc) is 2.94. The van der Waals surface area contributed by atoms with Crippen LogP contribution in [0.1, 0.15) is 16.8 Å². The van der Waals surface area contributed by atoms with Crippen molar-refractivity contribution in [3.05, 3.63) is 57.0 Å². The van der Waals surface area contributed by atoms with E-state index in [2.05, 4.69) is 52.4 Å². The lowest BCUT2D eigenvalue weighted by molar-refractivity contribution is -0.118. The fraction of sp³-hybridized carbons (Fsp3) is 0.111. The van der Waals surface area contributed by atoms with Gasteiger partial charge >= 0.3 is 0 Å². The summed E-state index contributed by atoms with van der Waals surface area (Å²) in [6, 6.07) is 12.4. The summed E-state index contributed by atoms with van der Waals surface area (Å²) in [6.45, 7) is 0.128.